The second-order valence-electron chi connectivity index (χ2n) is 14.7. The Hall–Kier alpha value is -5.28. The highest BCUT2D eigenvalue weighted by Gasteiger charge is 2.27. The topological polar surface area (TPSA) is 162 Å². The Balaban J connectivity index is 0.000000383. The highest BCUT2D eigenvalue weighted by atomic mass is 35.5. The first-order valence-electron chi connectivity index (χ1n) is 20.5. The normalized spacial score (nSPS) is 13.2. The van der Waals surface area contributed by atoms with Crippen LogP contribution in [0.1, 0.15) is 78.5 Å². The number of aliphatic hydroxyl groups is 2. The van der Waals surface area contributed by atoms with Gasteiger partial charge in [0.2, 0.25) is 29.1 Å². The first-order valence-corrected chi connectivity index (χ1v) is 23.6. The fourth-order valence-corrected chi connectivity index (χ4v) is 6.87. The van der Waals surface area contributed by atoms with Gasteiger partial charge in [-0.25, -0.2) is 9.69 Å². The van der Waals surface area contributed by atoms with Gasteiger partial charge in [-0.1, -0.05) is 84.9 Å². The zero-order valence-corrected chi connectivity index (χ0v) is 40.7. The number of hydrogen-bond donors (Lipinski definition) is 3. The lowest BCUT2D eigenvalue weighted by Gasteiger charge is -2.21. The molecule has 352 valence electrons. The molecule has 1 aliphatic rings. The number of benzene rings is 4. The predicted octanol–water partition coefficient (Wildman–Crippen LogP) is 11.2. The first kappa shape index (κ1) is 56.8. The van der Waals surface area contributed by atoms with E-state index in [9.17, 15) is 19.8 Å². The molecule has 13 nitrogen and oxygen atoms in total. The molecule has 66 heavy (non-hydrogen) atoms. The monoisotopic (exact) mass is 977 g/mol. The first-order chi connectivity index (χ1) is 31.1. The Morgan fingerprint density at radius 2 is 1.38 bits per heavy atom. The molecule has 0 aliphatic carbocycles. The number of rotatable bonds is 14. The summed E-state index contributed by atoms with van der Waals surface area (Å²) in [5.41, 5.74) is 5.12. The van der Waals surface area contributed by atoms with E-state index in [0.717, 1.165) is 42.8 Å². The summed E-state index contributed by atoms with van der Waals surface area (Å²) in [5, 5.41) is 32.1. The van der Waals surface area contributed by atoms with Crippen LogP contribution in [0.4, 0.5) is 11.4 Å². The summed E-state index contributed by atoms with van der Waals surface area (Å²) in [6.45, 7) is 24.9. The Kier molecular flexibility index (Phi) is 25.3. The average molecular weight is 979 g/mol. The lowest BCUT2D eigenvalue weighted by Crippen LogP contribution is -2.40. The van der Waals surface area contributed by atoms with Gasteiger partial charge in [0.25, 0.3) is 0 Å². The average Bonchev–Trinajstić information content (AvgIpc) is 4.07. The van der Waals surface area contributed by atoms with Crippen LogP contribution in [0.3, 0.4) is 0 Å². The minimum Gasteiger partial charge on any atom is -0.497 e. The van der Waals surface area contributed by atoms with Gasteiger partial charge >= 0.3 is 0 Å². The van der Waals surface area contributed by atoms with E-state index in [2.05, 4.69) is 37.0 Å². The largest absolute Gasteiger partial charge is 0.497 e. The van der Waals surface area contributed by atoms with Crippen molar-refractivity contribution < 1.29 is 38.4 Å². The second kappa shape index (κ2) is 29.4. The standard InChI is InChI=1S/C22H23ClN2O4.C21H20ClN3O3.C4H8O.CH3PS.CH4/c1-13-15(8-9-19(24-3)21(13)23)11-18(14(2)26)22(28)25-12-20(27)16-6-5-7-17(10-16)29-4;1-12-14(8-9-18(23-3)19(12)22)11-17(13(2)26)21-25-24-20(28-21)15-6-5-7-16(10-15)27-4;1-2-4-5-3-1;1-2-3;/h5-10,14,18,26H,11-12H2,1-2,4H3,(H,25,28);5-10,13,17,26H,11H2,1-2,4H3;1-4H2;1H3;1H4/t14-,18+;13-,17+;;;/m00.../s1. The summed E-state index contributed by atoms with van der Waals surface area (Å²) in [5.74, 6) is 0.0920. The summed E-state index contributed by atoms with van der Waals surface area (Å²) >= 11 is 16.9. The zero-order chi connectivity index (χ0) is 48.1. The number of aromatic nitrogens is 2. The lowest BCUT2D eigenvalue weighted by molar-refractivity contribution is -0.127. The Labute approximate surface area is 405 Å². The molecule has 3 N–H and O–H groups in total. The van der Waals surface area contributed by atoms with E-state index in [1.807, 2.05) is 43.9 Å². The molecule has 1 fully saturated rings. The smallest absolute Gasteiger partial charge is 0.247 e. The molecule has 4 atom stereocenters. The molecule has 1 amide bonds. The molecule has 0 spiro atoms. The Morgan fingerprint density at radius 1 is 0.848 bits per heavy atom. The second-order valence-corrected chi connectivity index (χ2v) is 17.0. The van der Waals surface area contributed by atoms with Crippen molar-refractivity contribution in [2.45, 2.75) is 78.9 Å². The van der Waals surface area contributed by atoms with Crippen molar-refractivity contribution in [3.05, 3.63) is 139 Å². The molecule has 6 rings (SSSR count). The molecule has 0 saturated carbocycles. The molecule has 4 aromatic carbocycles. The molecule has 17 heteroatoms. The number of carbonyl (C=O) groups is 2. The summed E-state index contributed by atoms with van der Waals surface area (Å²) in [6, 6.07) is 20.9. The molecule has 1 saturated heterocycles. The van der Waals surface area contributed by atoms with Gasteiger partial charge in [0, 0.05) is 24.3 Å². The summed E-state index contributed by atoms with van der Waals surface area (Å²) < 4.78 is 21.1. The number of aliphatic hydroxyl groups excluding tert-OH is 2. The number of ketones is 1. The number of carbonyl (C=O) groups excluding carboxylic acids is 2. The maximum Gasteiger partial charge on any atom is 0.247 e. The summed E-state index contributed by atoms with van der Waals surface area (Å²) in [7, 11) is 4.10. The van der Waals surface area contributed by atoms with Crippen molar-refractivity contribution in [3.63, 3.8) is 0 Å². The SMILES string of the molecule is C.C1CCOC1.CP=S.[C-]#[N+]c1ccc(C[C@@H](C(=O)NCC(=O)c2cccc(OC)c2)[C@H](C)O)c(C)c1Cl.[C-]#[N+]c1ccc(C[C@@H](c2nnc(-c3cccc(OC)c3)o2)[C@H](C)O)c(C)c1Cl. The zero-order valence-electron chi connectivity index (χ0n) is 37.4. The summed E-state index contributed by atoms with van der Waals surface area (Å²) in [4.78, 5) is 31.8. The van der Waals surface area contributed by atoms with Crippen molar-refractivity contribution in [1.29, 1.82) is 0 Å². The van der Waals surface area contributed by atoms with Crippen molar-refractivity contribution in [3.8, 4) is 23.0 Å². The molecule has 1 aromatic heterocycles. The molecular formula is C49H58Cl2N5O8PS. The van der Waals surface area contributed by atoms with Gasteiger partial charge in [0.1, 0.15) is 11.5 Å². The molecular weight excluding hydrogens is 921 g/mol. The van der Waals surface area contributed by atoms with Crippen molar-refractivity contribution in [2.75, 3.05) is 40.6 Å². The van der Waals surface area contributed by atoms with Gasteiger partial charge in [-0.15, -0.1) is 10.2 Å². The van der Waals surface area contributed by atoms with Crippen LogP contribution < -0.4 is 14.8 Å². The molecule has 0 radical (unpaired) electrons. The lowest BCUT2D eigenvalue weighted by atomic mass is 9.91. The van der Waals surface area contributed by atoms with Gasteiger partial charge in [-0.05, 0) is 120 Å². The molecule has 0 unspecified atom stereocenters. The van der Waals surface area contributed by atoms with E-state index >= 15 is 0 Å². The number of Topliss-reactive ketones (excluding diaryl/α,β-unsaturated/α-hetero) is 1. The number of halogens is 2. The van der Waals surface area contributed by atoms with Crippen molar-refractivity contribution >= 4 is 65.4 Å². The fraction of sp³-hybridized carbons (Fsp3) is 0.388. The number of hydrogen-bond acceptors (Lipinski definition) is 11. The third-order valence-corrected chi connectivity index (χ3v) is 11.2. The Bertz CT molecular complexity index is 2440. The van der Waals surface area contributed by atoms with E-state index < -0.39 is 30.0 Å². The van der Waals surface area contributed by atoms with E-state index in [0.29, 0.717) is 62.2 Å². The van der Waals surface area contributed by atoms with Gasteiger partial charge in [-0.2, -0.15) is 0 Å². The van der Waals surface area contributed by atoms with Crippen LogP contribution in [0, 0.1) is 32.9 Å². The molecule has 5 aromatic rings. The number of nitrogens with zero attached hydrogens (tertiary/aromatic N) is 4. The molecule has 1 aliphatic heterocycles. The maximum atomic E-state index is 12.6. The number of ether oxygens (including phenoxy) is 3. The minimum absolute atomic E-state index is 0. The number of methoxy groups -OCH3 is 2. The van der Waals surface area contributed by atoms with Crippen LogP contribution in [-0.2, 0) is 34.2 Å². The van der Waals surface area contributed by atoms with Crippen LogP contribution in [0.2, 0.25) is 10.0 Å². The van der Waals surface area contributed by atoms with Gasteiger partial charge in [0.15, 0.2) is 5.78 Å². The Morgan fingerprint density at radius 3 is 1.86 bits per heavy atom. The fourth-order valence-electron chi connectivity index (χ4n) is 6.42. The van der Waals surface area contributed by atoms with Gasteiger partial charge in [-0.3, -0.25) is 9.59 Å². The van der Waals surface area contributed by atoms with Gasteiger partial charge in [0.05, 0.1) is 68.0 Å². The highest BCUT2D eigenvalue weighted by molar-refractivity contribution is 7.96. The number of nitrogens with one attached hydrogen (secondary N) is 1. The number of amides is 1. The molecule has 2 heterocycles. The van der Waals surface area contributed by atoms with E-state index in [4.69, 9.17) is 55.0 Å². The highest BCUT2D eigenvalue weighted by Crippen LogP contribution is 2.35. The third kappa shape index (κ3) is 16.9. The van der Waals surface area contributed by atoms with E-state index in [1.54, 1.807) is 63.4 Å². The summed E-state index contributed by atoms with van der Waals surface area (Å²) in [6.07, 6.45) is 1.61. The minimum atomic E-state index is -0.930. The predicted molar refractivity (Wildman–Crippen MR) is 266 cm³/mol. The van der Waals surface area contributed by atoms with E-state index in [1.165, 1.54) is 26.9 Å². The van der Waals surface area contributed by atoms with E-state index in [-0.39, 0.29) is 26.2 Å². The van der Waals surface area contributed by atoms with Crippen molar-refractivity contribution in [2.24, 2.45) is 5.92 Å². The van der Waals surface area contributed by atoms with Crippen LogP contribution in [0.15, 0.2) is 77.2 Å². The van der Waals surface area contributed by atoms with Crippen LogP contribution in [0.25, 0.3) is 21.1 Å². The van der Waals surface area contributed by atoms with Crippen LogP contribution >= 0.6 is 30.6 Å². The van der Waals surface area contributed by atoms with Crippen LogP contribution in [-0.4, -0.2) is 85.0 Å². The third-order valence-electron chi connectivity index (χ3n) is 10.3. The maximum absolute atomic E-state index is 12.6. The van der Waals surface area contributed by atoms with Crippen LogP contribution in [0.5, 0.6) is 11.5 Å². The molecule has 0 bridgehead atoms. The quantitative estimate of drug-likeness (QED) is 0.0552. The van der Waals surface area contributed by atoms with Crippen molar-refractivity contribution in [1.82, 2.24) is 15.5 Å². The van der Waals surface area contributed by atoms with Gasteiger partial charge < -0.3 is 34.2 Å².